The minimum absolute atomic E-state index is 0.0164. The molecule has 3 saturated heterocycles. The van der Waals surface area contributed by atoms with Crippen LogP contribution in [0.5, 0.6) is 0 Å². The highest BCUT2D eigenvalue weighted by Crippen LogP contribution is 2.31. The van der Waals surface area contributed by atoms with Crippen molar-refractivity contribution in [2.24, 2.45) is 4.40 Å². The molecule has 0 saturated carbocycles. The average molecular weight is 476 g/mol. The van der Waals surface area contributed by atoms with Gasteiger partial charge in [0.05, 0.1) is 19.8 Å². The summed E-state index contributed by atoms with van der Waals surface area (Å²) in [6.07, 6.45) is 1.46. The van der Waals surface area contributed by atoms with Crippen LogP contribution in [0, 0.1) is 0 Å². The molecule has 178 valence electrons. The Kier molecular flexibility index (Phi) is 6.11. The van der Waals surface area contributed by atoms with E-state index >= 15 is 0 Å². The molecule has 0 radical (unpaired) electrons. The van der Waals surface area contributed by atoms with Gasteiger partial charge in [0.1, 0.15) is 10.9 Å². The third-order valence-electron chi connectivity index (χ3n) is 6.83. The van der Waals surface area contributed by atoms with E-state index in [2.05, 4.69) is 9.30 Å². The maximum Gasteiger partial charge on any atom is 0.285 e. The molecule has 2 amide bonds. The number of hydrogen-bond donors (Lipinski definition) is 0. The zero-order valence-electron chi connectivity index (χ0n) is 18.6. The summed E-state index contributed by atoms with van der Waals surface area (Å²) < 4.78 is 34.3. The molecule has 1 aromatic carbocycles. The number of carbonyl (C=O) groups excluding carboxylic acids is 2. The molecule has 3 fully saturated rings. The molecule has 11 heteroatoms. The zero-order chi connectivity index (χ0) is 23.0. The number of carbonyl (C=O) groups is 2. The molecule has 0 N–H and O–H groups in total. The van der Waals surface area contributed by atoms with Crippen molar-refractivity contribution in [2.75, 3.05) is 65.6 Å². The SMILES string of the molecule is O=C(CN1CCOCC1)N1CCN(C(=O)[C@@H]2CCCN2C2=NS(=O)(=O)c3ccccc32)CC1. The monoisotopic (exact) mass is 475 g/mol. The van der Waals surface area contributed by atoms with Gasteiger partial charge in [-0.2, -0.15) is 8.42 Å². The Hall–Kier alpha value is -2.50. The summed E-state index contributed by atoms with van der Waals surface area (Å²) in [7, 11) is -3.73. The lowest BCUT2D eigenvalue weighted by Gasteiger charge is -2.38. The van der Waals surface area contributed by atoms with Crippen molar-refractivity contribution in [3.8, 4) is 0 Å². The normalized spacial score (nSPS) is 25.2. The molecule has 0 spiro atoms. The number of sulfonamides is 1. The van der Waals surface area contributed by atoms with Gasteiger partial charge in [0.15, 0.2) is 5.84 Å². The lowest BCUT2D eigenvalue weighted by atomic mass is 10.1. The van der Waals surface area contributed by atoms with E-state index in [1.807, 2.05) is 9.80 Å². The molecule has 10 nitrogen and oxygen atoms in total. The number of likely N-dealkylation sites (tertiary alicyclic amines) is 1. The molecule has 1 aromatic rings. The largest absolute Gasteiger partial charge is 0.379 e. The van der Waals surface area contributed by atoms with Crippen molar-refractivity contribution in [1.29, 1.82) is 0 Å². The van der Waals surface area contributed by atoms with E-state index in [9.17, 15) is 18.0 Å². The Morgan fingerprint density at radius 2 is 1.67 bits per heavy atom. The zero-order valence-corrected chi connectivity index (χ0v) is 19.4. The average Bonchev–Trinajstić information content (AvgIpc) is 3.42. The van der Waals surface area contributed by atoms with Crippen molar-refractivity contribution in [3.63, 3.8) is 0 Å². The summed E-state index contributed by atoms with van der Waals surface area (Å²) >= 11 is 0. The maximum atomic E-state index is 13.4. The fourth-order valence-corrected chi connectivity index (χ4v) is 6.23. The molecule has 0 bridgehead atoms. The van der Waals surface area contributed by atoms with E-state index in [0.29, 0.717) is 70.3 Å². The molecule has 1 atom stereocenters. The Labute approximate surface area is 193 Å². The van der Waals surface area contributed by atoms with Gasteiger partial charge in [0, 0.05) is 51.4 Å². The predicted molar refractivity (Wildman–Crippen MR) is 120 cm³/mol. The minimum atomic E-state index is -3.73. The van der Waals surface area contributed by atoms with E-state index < -0.39 is 16.1 Å². The molecule has 4 heterocycles. The lowest BCUT2D eigenvalue weighted by molar-refractivity contribution is -0.142. The van der Waals surface area contributed by atoms with Crippen molar-refractivity contribution in [3.05, 3.63) is 29.8 Å². The van der Waals surface area contributed by atoms with Crippen LogP contribution in [-0.4, -0.2) is 117 Å². The van der Waals surface area contributed by atoms with E-state index in [1.54, 1.807) is 29.2 Å². The van der Waals surface area contributed by atoms with Crippen LogP contribution < -0.4 is 0 Å². The van der Waals surface area contributed by atoms with Gasteiger partial charge in [-0.15, -0.1) is 4.40 Å². The highest BCUT2D eigenvalue weighted by atomic mass is 32.2. The van der Waals surface area contributed by atoms with Gasteiger partial charge < -0.3 is 19.4 Å². The Bertz CT molecular complexity index is 1060. The second kappa shape index (κ2) is 9.03. The van der Waals surface area contributed by atoms with Crippen LogP contribution in [-0.2, 0) is 24.3 Å². The van der Waals surface area contributed by atoms with Gasteiger partial charge in [-0.05, 0) is 25.0 Å². The first-order chi connectivity index (χ1) is 15.9. The van der Waals surface area contributed by atoms with E-state index in [1.165, 1.54) is 0 Å². The topological polar surface area (TPSA) is 103 Å². The van der Waals surface area contributed by atoms with Crippen molar-refractivity contribution >= 4 is 27.7 Å². The van der Waals surface area contributed by atoms with Gasteiger partial charge in [-0.1, -0.05) is 12.1 Å². The number of amidine groups is 1. The number of benzene rings is 1. The van der Waals surface area contributed by atoms with E-state index in [-0.39, 0.29) is 16.7 Å². The summed E-state index contributed by atoms with van der Waals surface area (Å²) in [6, 6.07) is 6.34. The predicted octanol–water partition coefficient (Wildman–Crippen LogP) is -0.397. The fraction of sp³-hybridized carbons (Fsp3) is 0.591. The van der Waals surface area contributed by atoms with Gasteiger partial charge in [0.25, 0.3) is 10.0 Å². The second-order valence-corrected chi connectivity index (χ2v) is 10.4. The molecule has 0 aliphatic carbocycles. The number of fused-ring (bicyclic) bond motifs is 1. The third kappa shape index (κ3) is 4.36. The molecular weight excluding hydrogens is 446 g/mol. The number of nitrogens with zero attached hydrogens (tertiary/aromatic N) is 5. The molecule has 0 unspecified atom stereocenters. The van der Waals surface area contributed by atoms with Gasteiger partial charge in [-0.3, -0.25) is 14.5 Å². The smallest absolute Gasteiger partial charge is 0.285 e. The summed E-state index contributed by atoms with van der Waals surface area (Å²) in [5.74, 6) is 0.451. The van der Waals surface area contributed by atoms with Crippen molar-refractivity contribution in [1.82, 2.24) is 19.6 Å². The Balaban J connectivity index is 1.22. The number of amides is 2. The summed E-state index contributed by atoms with van der Waals surface area (Å²) in [5.41, 5.74) is 0.565. The fourth-order valence-electron chi connectivity index (χ4n) is 5.01. The van der Waals surface area contributed by atoms with Crippen molar-refractivity contribution in [2.45, 2.75) is 23.8 Å². The number of rotatable bonds is 3. The van der Waals surface area contributed by atoms with Crippen molar-refractivity contribution < 1.29 is 22.7 Å². The van der Waals surface area contributed by atoms with Gasteiger partial charge in [0.2, 0.25) is 11.8 Å². The second-order valence-electron chi connectivity index (χ2n) is 8.83. The summed E-state index contributed by atoms with van der Waals surface area (Å²) in [6.45, 7) is 5.83. The van der Waals surface area contributed by atoms with Crippen LogP contribution in [0.3, 0.4) is 0 Å². The summed E-state index contributed by atoms with van der Waals surface area (Å²) in [4.78, 5) is 33.8. The van der Waals surface area contributed by atoms with E-state index in [0.717, 1.165) is 19.5 Å². The number of hydrogen-bond acceptors (Lipinski definition) is 7. The van der Waals surface area contributed by atoms with Crippen LogP contribution in [0.1, 0.15) is 18.4 Å². The molecule has 33 heavy (non-hydrogen) atoms. The van der Waals surface area contributed by atoms with E-state index in [4.69, 9.17) is 4.74 Å². The molecule has 4 aliphatic heterocycles. The first-order valence-electron chi connectivity index (χ1n) is 11.5. The minimum Gasteiger partial charge on any atom is -0.379 e. The highest BCUT2D eigenvalue weighted by molar-refractivity contribution is 7.90. The molecular formula is C22H29N5O5S. The quantitative estimate of drug-likeness (QED) is 0.586. The lowest BCUT2D eigenvalue weighted by Crippen LogP contribution is -2.56. The third-order valence-corrected chi connectivity index (χ3v) is 8.15. The maximum absolute atomic E-state index is 13.4. The van der Waals surface area contributed by atoms with Crippen LogP contribution >= 0.6 is 0 Å². The first kappa shape index (κ1) is 22.3. The molecule has 4 aliphatic rings. The highest BCUT2D eigenvalue weighted by Gasteiger charge is 2.41. The Morgan fingerprint density at radius 3 is 2.42 bits per heavy atom. The number of morpholine rings is 1. The molecule has 0 aromatic heterocycles. The number of ether oxygens (including phenoxy) is 1. The summed E-state index contributed by atoms with van der Waals surface area (Å²) in [5, 5.41) is 0. The standard InChI is InChI=1S/C22H29N5O5S/c28-20(16-24-12-14-32-15-13-24)25-8-10-26(11-9-25)22(29)18-5-3-7-27(18)21-17-4-1-2-6-19(17)33(30,31)23-21/h1-2,4,6,18H,3,5,7-16H2/t18-/m0/s1. The van der Waals surface area contributed by atoms with Gasteiger partial charge in [-0.25, -0.2) is 0 Å². The van der Waals surface area contributed by atoms with Crippen LogP contribution in [0.25, 0.3) is 0 Å². The van der Waals surface area contributed by atoms with Crippen LogP contribution in [0.2, 0.25) is 0 Å². The molecule has 5 rings (SSSR count). The Morgan fingerprint density at radius 1 is 0.970 bits per heavy atom. The number of piperazine rings is 1. The van der Waals surface area contributed by atoms with Crippen LogP contribution in [0.15, 0.2) is 33.6 Å². The first-order valence-corrected chi connectivity index (χ1v) is 13.0. The van der Waals surface area contributed by atoms with Gasteiger partial charge >= 0.3 is 0 Å². The van der Waals surface area contributed by atoms with Crippen LogP contribution in [0.4, 0.5) is 0 Å².